The molecule has 0 saturated carbocycles. The maximum absolute atomic E-state index is 12.2. The number of benzene rings is 1. The Hall–Kier alpha value is -1.64. The van der Waals surface area contributed by atoms with Crippen LogP contribution in [0.3, 0.4) is 0 Å². The molecule has 1 aromatic rings. The molecule has 0 atom stereocenters. The highest BCUT2D eigenvalue weighted by Crippen LogP contribution is 2.15. The monoisotopic (exact) mass is 341 g/mol. The summed E-state index contributed by atoms with van der Waals surface area (Å²) >= 11 is 0. The van der Waals surface area contributed by atoms with Gasteiger partial charge >= 0.3 is 0 Å². The lowest BCUT2D eigenvalue weighted by atomic mass is 10.3. The van der Waals surface area contributed by atoms with Gasteiger partial charge in [0, 0.05) is 26.2 Å². The number of ether oxygens (including phenoxy) is 1. The lowest BCUT2D eigenvalue weighted by Gasteiger charge is -2.34. The first-order valence-corrected chi connectivity index (χ1v) is 9.08. The van der Waals surface area contributed by atoms with Crippen molar-refractivity contribution in [1.82, 2.24) is 14.5 Å². The van der Waals surface area contributed by atoms with Gasteiger partial charge in [-0.05, 0) is 30.8 Å². The maximum Gasteiger partial charge on any atom is 0.241 e. The average molecular weight is 341 g/mol. The number of hydrogen-bond donors (Lipinski definition) is 1. The molecule has 23 heavy (non-hydrogen) atoms. The molecule has 1 heterocycles. The summed E-state index contributed by atoms with van der Waals surface area (Å²) in [4.78, 5) is 16.2. The highest BCUT2D eigenvalue weighted by molar-refractivity contribution is 7.89. The van der Waals surface area contributed by atoms with Crippen molar-refractivity contribution in [2.75, 3.05) is 46.4 Å². The Morgan fingerprint density at radius 2 is 1.78 bits per heavy atom. The van der Waals surface area contributed by atoms with E-state index in [-0.39, 0.29) is 17.3 Å². The lowest BCUT2D eigenvalue weighted by molar-refractivity contribution is -0.131. The molecule has 7 nitrogen and oxygen atoms in total. The van der Waals surface area contributed by atoms with Gasteiger partial charge in [-0.25, -0.2) is 13.1 Å². The quantitative estimate of drug-likeness (QED) is 0.796. The summed E-state index contributed by atoms with van der Waals surface area (Å²) in [7, 11) is -2.19. The zero-order valence-corrected chi connectivity index (χ0v) is 14.3. The largest absolute Gasteiger partial charge is 0.497 e. The number of nitrogens with one attached hydrogen (secondary N) is 1. The van der Waals surface area contributed by atoms with Crippen LogP contribution in [0.1, 0.15) is 6.92 Å². The summed E-state index contributed by atoms with van der Waals surface area (Å²) in [6.07, 6.45) is 0. The molecule has 2 rings (SSSR count). The molecule has 0 bridgehead atoms. The SMILES string of the molecule is CCN1CCN(C(=O)CNS(=O)(=O)c2ccc(OC)cc2)CC1. The van der Waals surface area contributed by atoms with Crippen molar-refractivity contribution >= 4 is 15.9 Å². The van der Waals surface area contributed by atoms with Crippen molar-refractivity contribution in [1.29, 1.82) is 0 Å². The molecule has 128 valence electrons. The predicted molar refractivity (Wildman–Crippen MR) is 86.9 cm³/mol. The van der Waals surface area contributed by atoms with Crippen molar-refractivity contribution < 1.29 is 17.9 Å². The zero-order valence-electron chi connectivity index (χ0n) is 13.5. The molecule has 8 heteroatoms. The summed E-state index contributed by atoms with van der Waals surface area (Å²) in [6, 6.07) is 6.04. The van der Waals surface area contributed by atoms with E-state index in [1.165, 1.54) is 19.2 Å². The van der Waals surface area contributed by atoms with Gasteiger partial charge in [0.1, 0.15) is 5.75 Å². The van der Waals surface area contributed by atoms with E-state index in [9.17, 15) is 13.2 Å². The second kappa shape index (κ2) is 7.76. The Labute approximate surface area is 137 Å². The molecule has 1 amide bonds. The van der Waals surface area contributed by atoms with Gasteiger partial charge < -0.3 is 14.5 Å². The fraction of sp³-hybridized carbons (Fsp3) is 0.533. The van der Waals surface area contributed by atoms with Gasteiger partial charge in [-0.15, -0.1) is 0 Å². The standard InChI is InChI=1S/C15H23N3O4S/c1-3-17-8-10-18(11-9-17)15(19)12-16-23(20,21)14-6-4-13(22-2)5-7-14/h4-7,16H,3,8-12H2,1-2H3. The number of amides is 1. The Balaban J connectivity index is 1.89. The van der Waals surface area contributed by atoms with Crippen LogP contribution in [-0.2, 0) is 14.8 Å². The third kappa shape index (κ3) is 4.66. The number of sulfonamides is 1. The van der Waals surface area contributed by atoms with E-state index in [2.05, 4.69) is 16.5 Å². The molecular weight excluding hydrogens is 318 g/mol. The van der Waals surface area contributed by atoms with Crippen LogP contribution in [0.2, 0.25) is 0 Å². The molecule has 1 aliphatic rings. The molecule has 0 radical (unpaired) electrons. The van der Waals surface area contributed by atoms with Crippen molar-refractivity contribution in [3.63, 3.8) is 0 Å². The molecular formula is C15H23N3O4S. The van der Waals surface area contributed by atoms with Crippen molar-refractivity contribution in [2.24, 2.45) is 0 Å². The van der Waals surface area contributed by atoms with Crippen LogP contribution in [0, 0.1) is 0 Å². The number of rotatable bonds is 6. The smallest absolute Gasteiger partial charge is 0.241 e. The summed E-state index contributed by atoms with van der Waals surface area (Å²) in [5, 5.41) is 0. The molecule has 0 spiro atoms. The van der Waals surface area contributed by atoms with Crippen LogP contribution in [0.25, 0.3) is 0 Å². The van der Waals surface area contributed by atoms with Crippen LogP contribution in [0.15, 0.2) is 29.2 Å². The third-order valence-corrected chi connectivity index (χ3v) is 5.37. The Morgan fingerprint density at radius 3 is 2.30 bits per heavy atom. The number of carbonyl (C=O) groups excluding carboxylic acids is 1. The van der Waals surface area contributed by atoms with Crippen LogP contribution in [-0.4, -0.2) is 70.5 Å². The minimum atomic E-state index is -3.70. The minimum Gasteiger partial charge on any atom is -0.497 e. The van der Waals surface area contributed by atoms with Crippen LogP contribution in [0.5, 0.6) is 5.75 Å². The van der Waals surface area contributed by atoms with Gasteiger partial charge in [-0.1, -0.05) is 6.92 Å². The fourth-order valence-corrected chi connectivity index (χ4v) is 3.39. The van der Waals surface area contributed by atoms with E-state index in [0.717, 1.165) is 19.6 Å². The number of carbonyl (C=O) groups is 1. The lowest BCUT2D eigenvalue weighted by Crippen LogP contribution is -2.51. The van der Waals surface area contributed by atoms with Gasteiger partial charge in [-0.3, -0.25) is 4.79 Å². The van der Waals surface area contributed by atoms with E-state index in [1.807, 2.05) is 0 Å². The van der Waals surface area contributed by atoms with Gasteiger partial charge in [0.05, 0.1) is 18.6 Å². The van der Waals surface area contributed by atoms with E-state index < -0.39 is 10.0 Å². The zero-order chi connectivity index (χ0) is 16.9. The first kappa shape index (κ1) is 17.7. The summed E-state index contributed by atoms with van der Waals surface area (Å²) in [5.74, 6) is 0.381. The number of hydrogen-bond acceptors (Lipinski definition) is 5. The molecule has 1 fully saturated rings. The van der Waals surface area contributed by atoms with E-state index in [0.29, 0.717) is 18.8 Å². The highest BCUT2D eigenvalue weighted by atomic mass is 32.2. The summed E-state index contributed by atoms with van der Waals surface area (Å²) < 4.78 is 31.7. The number of nitrogens with zero attached hydrogens (tertiary/aromatic N) is 2. The van der Waals surface area contributed by atoms with Crippen molar-refractivity contribution in [3.05, 3.63) is 24.3 Å². The number of methoxy groups -OCH3 is 1. The van der Waals surface area contributed by atoms with Gasteiger partial charge in [0.2, 0.25) is 15.9 Å². The molecule has 0 aromatic heterocycles. The third-order valence-electron chi connectivity index (χ3n) is 3.96. The number of piperazine rings is 1. The second-order valence-corrected chi connectivity index (χ2v) is 7.08. The Bertz CT molecular complexity index is 623. The maximum atomic E-state index is 12.2. The van der Waals surface area contributed by atoms with Gasteiger partial charge in [0.25, 0.3) is 0 Å². The first-order chi connectivity index (χ1) is 11.0. The molecule has 0 unspecified atom stereocenters. The molecule has 0 aliphatic carbocycles. The van der Waals surface area contributed by atoms with Gasteiger partial charge in [-0.2, -0.15) is 0 Å². The fourth-order valence-electron chi connectivity index (χ4n) is 2.42. The first-order valence-electron chi connectivity index (χ1n) is 7.60. The van der Waals surface area contributed by atoms with Crippen LogP contribution < -0.4 is 9.46 Å². The average Bonchev–Trinajstić information content (AvgIpc) is 2.60. The van der Waals surface area contributed by atoms with E-state index in [1.54, 1.807) is 17.0 Å². The summed E-state index contributed by atoms with van der Waals surface area (Å²) in [5.41, 5.74) is 0. The van der Waals surface area contributed by atoms with E-state index >= 15 is 0 Å². The van der Waals surface area contributed by atoms with Gasteiger partial charge in [0.15, 0.2) is 0 Å². The van der Waals surface area contributed by atoms with E-state index in [4.69, 9.17) is 4.74 Å². The molecule has 1 aliphatic heterocycles. The normalized spacial score (nSPS) is 16.3. The highest BCUT2D eigenvalue weighted by Gasteiger charge is 2.22. The second-order valence-electron chi connectivity index (χ2n) is 5.32. The topological polar surface area (TPSA) is 79.0 Å². The van der Waals surface area contributed by atoms with Crippen molar-refractivity contribution in [2.45, 2.75) is 11.8 Å². The Morgan fingerprint density at radius 1 is 1.17 bits per heavy atom. The minimum absolute atomic E-state index is 0.113. The predicted octanol–water partition coefficient (Wildman–Crippen LogP) is 0.138. The van der Waals surface area contributed by atoms with Crippen LogP contribution in [0.4, 0.5) is 0 Å². The molecule has 1 saturated heterocycles. The Kier molecular flexibility index (Phi) is 5.97. The molecule has 1 N–H and O–H groups in total. The number of likely N-dealkylation sites (N-methyl/N-ethyl adjacent to an activating group) is 1. The van der Waals surface area contributed by atoms with Crippen LogP contribution >= 0.6 is 0 Å². The van der Waals surface area contributed by atoms with Crippen molar-refractivity contribution in [3.8, 4) is 5.75 Å². The summed E-state index contributed by atoms with van der Waals surface area (Å²) in [6.45, 7) is 5.75. The molecule has 1 aromatic carbocycles.